The first-order valence-electron chi connectivity index (χ1n) is 2.68. The number of carboxylic acid groups (broad SMARTS) is 1. The van der Waals surface area contributed by atoms with Gasteiger partial charge in [0, 0.05) is 7.11 Å². The summed E-state index contributed by atoms with van der Waals surface area (Å²) in [7, 11) is 1.15. The Kier molecular flexibility index (Phi) is 3.94. The molecule has 0 aromatic heterocycles. The van der Waals surface area contributed by atoms with Crippen LogP contribution >= 0.6 is 0 Å². The molecule has 3 N–H and O–H groups in total. The van der Waals surface area contributed by atoms with Crippen molar-refractivity contribution in [1.82, 2.24) is 0 Å². The molecule has 0 aromatic rings. The van der Waals surface area contributed by atoms with Crippen LogP contribution in [0.1, 0.15) is 0 Å². The molecule has 0 amide bonds. The minimum Gasteiger partial charge on any atom is -0.479 e. The van der Waals surface area contributed by atoms with Crippen LogP contribution in [-0.4, -0.2) is 47.2 Å². The predicted octanol–water partition coefficient (Wildman–Crippen LogP) is -1.56. The molecule has 0 aliphatic carbocycles. The van der Waals surface area contributed by atoms with Gasteiger partial charge in [-0.2, -0.15) is 0 Å². The second-order valence-corrected chi connectivity index (χ2v) is 1.74. The molecule has 0 aromatic carbocycles. The maximum Gasteiger partial charge on any atom is 0.335 e. The number of hydrogen-bond donors (Lipinski definition) is 3. The summed E-state index contributed by atoms with van der Waals surface area (Å²) >= 11 is 0. The Balaban J connectivity index is 3.92. The van der Waals surface area contributed by atoms with Crippen molar-refractivity contribution < 1.29 is 24.9 Å². The van der Waals surface area contributed by atoms with Crippen molar-refractivity contribution in [3.8, 4) is 0 Å². The lowest BCUT2D eigenvalue weighted by molar-refractivity contribution is -0.157. The third-order valence-corrected chi connectivity index (χ3v) is 1.03. The van der Waals surface area contributed by atoms with Gasteiger partial charge < -0.3 is 20.1 Å². The van der Waals surface area contributed by atoms with E-state index in [1.54, 1.807) is 0 Å². The number of hydrogen-bond acceptors (Lipinski definition) is 4. The lowest BCUT2D eigenvalue weighted by Crippen LogP contribution is -2.37. The molecule has 0 fully saturated rings. The van der Waals surface area contributed by atoms with Crippen LogP contribution in [0.15, 0.2) is 0 Å². The van der Waals surface area contributed by atoms with Gasteiger partial charge in [0.1, 0.15) is 6.10 Å². The van der Waals surface area contributed by atoms with Crippen molar-refractivity contribution in [1.29, 1.82) is 0 Å². The maximum absolute atomic E-state index is 10.1. The highest BCUT2D eigenvalue weighted by Gasteiger charge is 2.24. The molecule has 0 heterocycles. The normalized spacial score (nSPS) is 16.3. The van der Waals surface area contributed by atoms with Crippen LogP contribution in [0.4, 0.5) is 0 Å². The summed E-state index contributed by atoms with van der Waals surface area (Å²) in [5.41, 5.74) is 0. The molecule has 0 rings (SSSR count). The van der Waals surface area contributed by atoms with E-state index in [0.29, 0.717) is 0 Å². The van der Waals surface area contributed by atoms with Crippen LogP contribution in [0, 0.1) is 0 Å². The van der Waals surface area contributed by atoms with E-state index < -0.39 is 24.8 Å². The minimum atomic E-state index is -1.36. The molecule has 0 unspecified atom stereocenters. The molecule has 0 bridgehead atoms. The number of carbonyl (C=O) groups is 1. The molecule has 0 saturated heterocycles. The Morgan fingerprint density at radius 3 is 2.30 bits per heavy atom. The van der Waals surface area contributed by atoms with Crippen LogP contribution < -0.4 is 0 Å². The first-order chi connectivity index (χ1) is 4.63. The van der Waals surface area contributed by atoms with Crippen molar-refractivity contribution in [3.63, 3.8) is 0 Å². The fourth-order valence-corrected chi connectivity index (χ4v) is 0.518. The molecule has 2 atom stereocenters. The number of rotatable bonds is 4. The first-order valence-corrected chi connectivity index (χ1v) is 2.68. The van der Waals surface area contributed by atoms with E-state index in [4.69, 9.17) is 15.3 Å². The zero-order valence-electron chi connectivity index (χ0n) is 5.52. The third-order valence-electron chi connectivity index (χ3n) is 1.03. The van der Waals surface area contributed by atoms with Crippen LogP contribution in [-0.2, 0) is 9.53 Å². The first kappa shape index (κ1) is 9.35. The standard InChI is InChI=1S/C5H10O5/c1-10-4(5(8)9)3(7)2-6/h3-4,6-7H,2H2,1H3,(H,8,9)/t3-,4+/m1/s1. The summed E-state index contributed by atoms with van der Waals surface area (Å²) in [5.74, 6) is -1.29. The highest BCUT2D eigenvalue weighted by molar-refractivity contribution is 5.73. The second-order valence-electron chi connectivity index (χ2n) is 1.74. The maximum atomic E-state index is 10.1. The smallest absolute Gasteiger partial charge is 0.335 e. The molecule has 0 radical (unpaired) electrons. The number of aliphatic hydroxyl groups is 2. The average molecular weight is 150 g/mol. The number of methoxy groups -OCH3 is 1. The molecule has 60 valence electrons. The van der Waals surface area contributed by atoms with Gasteiger partial charge in [0.25, 0.3) is 0 Å². The summed E-state index contributed by atoms with van der Waals surface area (Å²) in [5, 5.41) is 25.3. The molecule has 0 saturated carbocycles. The van der Waals surface area contributed by atoms with Crippen molar-refractivity contribution in [2.24, 2.45) is 0 Å². The van der Waals surface area contributed by atoms with Crippen molar-refractivity contribution in [3.05, 3.63) is 0 Å². The second kappa shape index (κ2) is 4.21. The van der Waals surface area contributed by atoms with Gasteiger partial charge in [-0.05, 0) is 0 Å². The topological polar surface area (TPSA) is 87.0 Å². The quantitative estimate of drug-likeness (QED) is 0.451. The Labute approximate surface area is 57.9 Å². The Morgan fingerprint density at radius 1 is 1.70 bits per heavy atom. The van der Waals surface area contributed by atoms with E-state index in [1.165, 1.54) is 0 Å². The van der Waals surface area contributed by atoms with Gasteiger partial charge in [-0.25, -0.2) is 4.79 Å². The van der Waals surface area contributed by atoms with E-state index >= 15 is 0 Å². The monoisotopic (exact) mass is 150 g/mol. The zero-order chi connectivity index (χ0) is 8.15. The van der Waals surface area contributed by atoms with E-state index in [-0.39, 0.29) is 0 Å². The SMILES string of the molecule is CO[C@H](C(=O)O)[C@H](O)CO. The lowest BCUT2D eigenvalue weighted by atomic mass is 10.2. The van der Waals surface area contributed by atoms with E-state index in [0.717, 1.165) is 7.11 Å². The predicted molar refractivity (Wildman–Crippen MR) is 31.5 cm³/mol. The number of aliphatic hydroxyl groups excluding tert-OH is 2. The molecule has 5 nitrogen and oxygen atoms in total. The molecular formula is C5H10O5. The lowest BCUT2D eigenvalue weighted by Gasteiger charge is -2.14. The minimum absolute atomic E-state index is 0.620. The third kappa shape index (κ3) is 2.30. The molecular weight excluding hydrogens is 140 g/mol. The van der Waals surface area contributed by atoms with Gasteiger partial charge in [0.15, 0.2) is 6.10 Å². The molecule has 10 heavy (non-hydrogen) atoms. The van der Waals surface area contributed by atoms with Gasteiger partial charge in [-0.15, -0.1) is 0 Å². The van der Waals surface area contributed by atoms with E-state index in [1.807, 2.05) is 0 Å². The largest absolute Gasteiger partial charge is 0.479 e. The molecule has 0 spiro atoms. The number of aliphatic carboxylic acids is 1. The highest BCUT2D eigenvalue weighted by Crippen LogP contribution is 1.96. The van der Waals surface area contributed by atoms with Crippen molar-refractivity contribution in [2.45, 2.75) is 12.2 Å². The molecule has 0 aliphatic heterocycles. The summed E-state index contributed by atoms with van der Waals surface area (Å²) in [4.78, 5) is 10.1. The summed E-state index contributed by atoms with van der Waals surface area (Å²) in [6.45, 7) is -0.620. The molecule has 5 heteroatoms. The van der Waals surface area contributed by atoms with Gasteiger partial charge in [0.2, 0.25) is 0 Å². The van der Waals surface area contributed by atoms with Gasteiger partial charge in [-0.1, -0.05) is 0 Å². The number of ether oxygens (including phenoxy) is 1. The van der Waals surface area contributed by atoms with Crippen LogP contribution in [0.5, 0.6) is 0 Å². The Morgan fingerprint density at radius 2 is 2.20 bits per heavy atom. The van der Waals surface area contributed by atoms with E-state index in [9.17, 15) is 4.79 Å². The molecule has 0 aliphatic rings. The number of carboxylic acids is 1. The van der Waals surface area contributed by atoms with Crippen LogP contribution in [0.3, 0.4) is 0 Å². The van der Waals surface area contributed by atoms with E-state index in [2.05, 4.69) is 4.74 Å². The summed E-state index contributed by atoms with van der Waals surface area (Å²) < 4.78 is 4.35. The average Bonchev–Trinajstić information content (AvgIpc) is 1.88. The highest BCUT2D eigenvalue weighted by atomic mass is 16.5. The Bertz CT molecular complexity index is 113. The Hall–Kier alpha value is -0.650. The van der Waals surface area contributed by atoms with Gasteiger partial charge in [-0.3, -0.25) is 0 Å². The summed E-state index contributed by atoms with van der Waals surface area (Å²) in [6.07, 6.45) is -2.70. The van der Waals surface area contributed by atoms with Gasteiger partial charge in [0.05, 0.1) is 6.61 Å². The van der Waals surface area contributed by atoms with Crippen LogP contribution in [0.2, 0.25) is 0 Å². The fourth-order valence-electron chi connectivity index (χ4n) is 0.518. The van der Waals surface area contributed by atoms with Crippen molar-refractivity contribution in [2.75, 3.05) is 13.7 Å². The zero-order valence-corrected chi connectivity index (χ0v) is 5.52. The van der Waals surface area contributed by atoms with Crippen molar-refractivity contribution >= 4 is 5.97 Å². The summed E-state index contributed by atoms with van der Waals surface area (Å²) in [6, 6.07) is 0. The van der Waals surface area contributed by atoms with Gasteiger partial charge >= 0.3 is 5.97 Å². The van der Waals surface area contributed by atoms with Crippen LogP contribution in [0.25, 0.3) is 0 Å². The fraction of sp³-hybridized carbons (Fsp3) is 0.800.